The average molecular weight is 262 g/mol. The molecule has 1 aliphatic carbocycles. The Labute approximate surface area is 112 Å². The van der Waals surface area contributed by atoms with Crippen molar-refractivity contribution >= 4 is 23.3 Å². The Morgan fingerprint density at radius 1 is 1.26 bits per heavy atom. The van der Waals surface area contributed by atoms with E-state index in [1.807, 2.05) is 43.3 Å². The lowest BCUT2D eigenvalue weighted by Crippen LogP contribution is -2.21. The number of rotatable bonds is 5. The predicted molar refractivity (Wildman–Crippen MR) is 73.1 cm³/mol. The smallest absolute Gasteiger partial charge is 0.309 e. The van der Waals surface area contributed by atoms with Crippen molar-refractivity contribution in [2.24, 2.45) is 5.92 Å². The predicted octanol–water partition coefficient (Wildman–Crippen LogP) is 1.64. The number of benzene rings is 1. The molecule has 0 unspecified atom stereocenters. The summed E-state index contributed by atoms with van der Waals surface area (Å²) in [6.45, 7) is -0.217. The van der Waals surface area contributed by atoms with E-state index in [1.165, 1.54) is 0 Å². The lowest BCUT2D eigenvalue weighted by Gasteiger charge is -2.13. The summed E-state index contributed by atoms with van der Waals surface area (Å²) < 4.78 is 4.90. The number of nitrogens with zero attached hydrogens (tertiary/aromatic N) is 1. The van der Waals surface area contributed by atoms with Gasteiger partial charge in [-0.1, -0.05) is 0 Å². The number of ether oxygens (including phenoxy) is 1. The zero-order valence-corrected chi connectivity index (χ0v) is 11.2. The van der Waals surface area contributed by atoms with Crippen LogP contribution in [0, 0.1) is 5.92 Å². The summed E-state index contributed by atoms with van der Waals surface area (Å²) in [5.74, 6) is -0.558. The van der Waals surface area contributed by atoms with E-state index in [1.54, 1.807) is 0 Å². The van der Waals surface area contributed by atoms with Crippen LogP contribution in [0.5, 0.6) is 0 Å². The Hall–Kier alpha value is -2.04. The molecule has 0 spiro atoms. The minimum absolute atomic E-state index is 0.0205. The van der Waals surface area contributed by atoms with E-state index in [0.29, 0.717) is 5.69 Å². The monoisotopic (exact) mass is 262 g/mol. The highest BCUT2D eigenvalue weighted by Gasteiger charge is 2.31. The first kappa shape index (κ1) is 13.4. The summed E-state index contributed by atoms with van der Waals surface area (Å²) in [6.07, 6.45) is 1.76. The van der Waals surface area contributed by atoms with Crippen molar-refractivity contribution in [2.75, 3.05) is 30.9 Å². The van der Waals surface area contributed by atoms with E-state index in [0.717, 1.165) is 18.5 Å². The zero-order valence-electron chi connectivity index (χ0n) is 11.2. The van der Waals surface area contributed by atoms with Gasteiger partial charge < -0.3 is 15.0 Å². The highest BCUT2D eigenvalue weighted by molar-refractivity contribution is 5.93. The zero-order chi connectivity index (χ0) is 13.8. The molecular formula is C14H18N2O3. The number of hydrogen-bond acceptors (Lipinski definition) is 4. The van der Waals surface area contributed by atoms with Crippen molar-refractivity contribution in [3.8, 4) is 0 Å². The first-order valence-corrected chi connectivity index (χ1v) is 6.30. The van der Waals surface area contributed by atoms with E-state index in [-0.39, 0.29) is 24.4 Å². The molecule has 0 heterocycles. The van der Waals surface area contributed by atoms with Gasteiger partial charge in [-0.05, 0) is 37.1 Å². The number of hydrogen-bond donors (Lipinski definition) is 1. The third-order valence-electron chi connectivity index (χ3n) is 2.92. The van der Waals surface area contributed by atoms with Gasteiger partial charge in [-0.25, -0.2) is 0 Å². The molecule has 0 aliphatic heterocycles. The molecule has 2 rings (SSSR count). The summed E-state index contributed by atoms with van der Waals surface area (Å²) in [7, 11) is 3.90. The molecular weight excluding hydrogens is 244 g/mol. The van der Waals surface area contributed by atoms with Gasteiger partial charge in [-0.3, -0.25) is 9.59 Å². The lowest BCUT2D eigenvalue weighted by molar-refractivity contribution is -0.148. The van der Waals surface area contributed by atoms with E-state index in [4.69, 9.17) is 4.74 Å². The Morgan fingerprint density at radius 3 is 2.42 bits per heavy atom. The van der Waals surface area contributed by atoms with Gasteiger partial charge in [-0.2, -0.15) is 0 Å². The molecule has 0 aromatic heterocycles. The molecule has 102 valence electrons. The number of amides is 1. The van der Waals surface area contributed by atoms with Crippen molar-refractivity contribution < 1.29 is 14.3 Å². The second-order valence-electron chi connectivity index (χ2n) is 4.87. The number of nitrogens with one attached hydrogen (secondary N) is 1. The number of esters is 1. The molecule has 0 saturated heterocycles. The minimum atomic E-state index is -0.313. The van der Waals surface area contributed by atoms with Gasteiger partial charge in [0.1, 0.15) is 0 Å². The summed E-state index contributed by atoms with van der Waals surface area (Å²) in [6, 6.07) is 7.45. The summed E-state index contributed by atoms with van der Waals surface area (Å²) in [5.41, 5.74) is 1.75. The minimum Gasteiger partial charge on any atom is -0.455 e. The van der Waals surface area contributed by atoms with Crippen LogP contribution in [0.4, 0.5) is 11.4 Å². The van der Waals surface area contributed by atoms with Gasteiger partial charge in [-0.15, -0.1) is 0 Å². The largest absolute Gasteiger partial charge is 0.455 e. The van der Waals surface area contributed by atoms with E-state index >= 15 is 0 Å². The van der Waals surface area contributed by atoms with E-state index in [2.05, 4.69) is 5.32 Å². The van der Waals surface area contributed by atoms with Crippen molar-refractivity contribution in [2.45, 2.75) is 12.8 Å². The molecule has 1 aromatic rings. The van der Waals surface area contributed by atoms with Crippen LogP contribution in [-0.2, 0) is 14.3 Å². The fourth-order valence-electron chi connectivity index (χ4n) is 1.61. The molecule has 0 radical (unpaired) electrons. The van der Waals surface area contributed by atoms with Crippen molar-refractivity contribution in [1.29, 1.82) is 0 Å². The standard InChI is InChI=1S/C14H18N2O3/c1-16(2)12-7-5-11(6-8-12)15-13(17)9-19-14(18)10-3-4-10/h5-8,10H,3-4,9H2,1-2H3,(H,15,17). The quantitative estimate of drug-likeness (QED) is 0.820. The first-order valence-electron chi connectivity index (χ1n) is 6.30. The number of carbonyl (C=O) groups is 2. The van der Waals surface area contributed by atoms with Gasteiger partial charge in [0.05, 0.1) is 5.92 Å². The molecule has 1 saturated carbocycles. The fourth-order valence-corrected chi connectivity index (χ4v) is 1.61. The Morgan fingerprint density at radius 2 is 1.89 bits per heavy atom. The third kappa shape index (κ3) is 3.98. The highest BCUT2D eigenvalue weighted by atomic mass is 16.5. The number of anilines is 2. The molecule has 1 fully saturated rings. The Bertz CT molecular complexity index is 464. The molecule has 0 atom stereocenters. The summed E-state index contributed by atoms with van der Waals surface area (Å²) >= 11 is 0. The van der Waals surface area contributed by atoms with Crippen LogP contribution < -0.4 is 10.2 Å². The maximum absolute atomic E-state index is 11.6. The van der Waals surface area contributed by atoms with E-state index < -0.39 is 0 Å². The maximum Gasteiger partial charge on any atom is 0.309 e. The van der Waals surface area contributed by atoms with Gasteiger partial charge in [0.25, 0.3) is 5.91 Å². The van der Waals surface area contributed by atoms with Crippen LogP contribution in [0.3, 0.4) is 0 Å². The fraction of sp³-hybridized carbons (Fsp3) is 0.429. The SMILES string of the molecule is CN(C)c1ccc(NC(=O)COC(=O)C2CC2)cc1. The summed E-state index contributed by atoms with van der Waals surface area (Å²) in [5, 5.41) is 2.69. The van der Waals surface area contributed by atoms with Gasteiger partial charge in [0.2, 0.25) is 0 Å². The normalized spacial score (nSPS) is 13.8. The maximum atomic E-state index is 11.6. The van der Waals surface area contributed by atoms with Crippen LogP contribution in [-0.4, -0.2) is 32.6 Å². The van der Waals surface area contributed by atoms with E-state index in [9.17, 15) is 9.59 Å². The lowest BCUT2D eigenvalue weighted by atomic mass is 10.2. The second kappa shape index (κ2) is 5.73. The molecule has 19 heavy (non-hydrogen) atoms. The second-order valence-corrected chi connectivity index (χ2v) is 4.87. The molecule has 1 N–H and O–H groups in total. The highest BCUT2D eigenvalue weighted by Crippen LogP contribution is 2.29. The molecule has 0 bridgehead atoms. The molecule has 5 heteroatoms. The van der Waals surface area contributed by atoms with Gasteiger partial charge in [0, 0.05) is 25.5 Å². The Balaban J connectivity index is 1.79. The molecule has 1 amide bonds. The van der Waals surface area contributed by atoms with Crippen molar-refractivity contribution in [3.63, 3.8) is 0 Å². The van der Waals surface area contributed by atoms with Crippen LogP contribution in [0.25, 0.3) is 0 Å². The average Bonchev–Trinajstić information content (AvgIpc) is 3.21. The molecule has 1 aromatic carbocycles. The third-order valence-corrected chi connectivity index (χ3v) is 2.92. The molecule has 5 nitrogen and oxygen atoms in total. The Kier molecular flexibility index (Phi) is 4.04. The van der Waals surface area contributed by atoms with Gasteiger partial charge >= 0.3 is 5.97 Å². The van der Waals surface area contributed by atoms with Gasteiger partial charge in [0.15, 0.2) is 6.61 Å². The topological polar surface area (TPSA) is 58.6 Å². The van der Waals surface area contributed by atoms with Crippen LogP contribution in [0.15, 0.2) is 24.3 Å². The summed E-state index contributed by atoms with van der Waals surface area (Å²) in [4.78, 5) is 24.8. The first-order chi connectivity index (χ1) is 9.06. The molecule has 1 aliphatic rings. The van der Waals surface area contributed by atoms with Crippen molar-refractivity contribution in [3.05, 3.63) is 24.3 Å². The van der Waals surface area contributed by atoms with Crippen LogP contribution in [0.2, 0.25) is 0 Å². The van der Waals surface area contributed by atoms with Crippen LogP contribution in [0.1, 0.15) is 12.8 Å². The van der Waals surface area contributed by atoms with Crippen LogP contribution >= 0.6 is 0 Å². The van der Waals surface area contributed by atoms with Crippen molar-refractivity contribution in [1.82, 2.24) is 0 Å². The number of carbonyl (C=O) groups excluding carboxylic acids is 2.